The number of benzene rings is 1. The van der Waals surface area contributed by atoms with Crippen LogP contribution in [0.4, 0.5) is 5.69 Å². The van der Waals surface area contributed by atoms with Gasteiger partial charge in [-0.3, -0.25) is 4.79 Å². The van der Waals surface area contributed by atoms with Gasteiger partial charge in [0.15, 0.2) is 5.15 Å². The Labute approximate surface area is 151 Å². The van der Waals surface area contributed by atoms with Gasteiger partial charge < -0.3 is 9.73 Å². The monoisotopic (exact) mass is 380 g/mol. The number of hydrogen-bond donors (Lipinski definition) is 1. The summed E-state index contributed by atoms with van der Waals surface area (Å²) in [6.07, 6.45) is 1.54. The quantitative estimate of drug-likeness (QED) is 0.528. The molecule has 0 saturated heterocycles. The van der Waals surface area contributed by atoms with E-state index in [0.29, 0.717) is 22.2 Å². The molecule has 2 heterocycles. The minimum atomic E-state index is -0.252. The average molecular weight is 381 g/mol. The zero-order valence-electron chi connectivity index (χ0n) is 12.1. The van der Waals surface area contributed by atoms with Gasteiger partial charge >= 0.3 is 0 Å². The maximum absolute atomic E-state index is 11.9. The second kappa shape index (κ2) is 7.65. The topological polar surface area (TPSA) is 80.9 Å². The summed E-state index contributed by atoms with van der Waals surface area (Å²) in [7, 11) is 0. The first-order chi connectivity index (χ1) is 11.6. The highest BCUT2D eigenvalue weighted by molar-refractivity contribution is 7.99. The molecule has 3 aromatic rings. The molecule has 0 aliphatic carbocycles. The van der Waals surface area contributed by atoms with Gasteiger partial charge in [-0.2, -0.15) is 0 Å². The Morgan fingerprint density at radius 2 is 2.08 bits per heavy atom. The third-order valence-corrected chi connectivity index (χ3v) is 4.19. The van der Waals surface area contributed by atoms with Crippen molar-refractivity contribution in [1.82, 2.24) is 15.2 Å². The van der Waals surface area contributed by atoms with E-state index in [1.54, 1.807) is 36.5 Å². The molecule has 24 heavy (non-hydrogen) atoms. The van der Waals surface area contributed by atoms with Crippen LogP contribution in [0, 0.1) is 0 Å². The van der Waals surface area contributed by atoms with Crippen LogP contribution in [0.5, 0.6) is 0 Å². The molecule has 9 heteroatoms. The van der Waals surface area contributed by atoms with E-state index in [4.69, 9.17) is 27.6 Å². The maximum atomic E-state index is 11.9. The highest BCUT2D eigenvalue weighted by atomic mass is 35.5. The van der Waals surface area contributed by atoms with Gasteiger partial charge in [-0.1, -0.05) is 41.0 Å². The first-order valence-corrected chi connectivity index (χ1v) is 8.48. The van der Waals surface area contributed by atoms with E-state index < -0.39 is 0 Å². The summed E-state index contributed by atoms with van der Waals surface area (Å²) in [6, 6.07) is 10.4. The van der Waals surface area contributed by atoms with Crippen molar-refractivity contribution in [3.05, 3.63) is 52.8 Å². The molecule has 3 rings (SSSR count). The van der Waals surface area contributed by atoms with Gasteiger partial charge in [0.05, 0.1) is 11.4 Å². The number of pyridine rings is 1. The van der Waals surface area contributed by atoms with Crippen molar-refractivity contribution in [2.75, 3.05) is 11.1 Å². The molecule has 0 fully saturated rings. The summed E-state index contributed by atoms with van der Waals surface area (Å²) in [5.41, 5.74) is 1.17. The summed E-state index contributed by atoms with van der Waals surface area (Å²) < 4.78 is 5.51. The lowest BCUT2D eigenvalue weighted by Gasteiger charge is -2.04. The largest absolute Gasteiger partial charge is 0.411 e. The highest BCUT2D eigenvalue weighted by Crippen LogP contribution is 2.25. The van der Waals surface area contributed by atoms with Crippen LogP contribution in [0.15, 0.2) is 52.2 Å². The van der Waals surface area contributed by atoms with Crippen LogP contribution in [-0.2, 0) is 4.79 Å². The molecule has 1 N–H and O–H groups in total. The predicted octanol–water partition coefficient (Wildman–Crippen LogP) is 4.17. The lowest BCUT2D eigenvalue weighted by molar-refractivity contribution is -0.113. The van der Waals surface area contributed by atoms with Crippen molar-refractivity contribution < 1.29 is 9.21 Å². The fraction of sp³-hybridized carbons (Fsp3) is 0.0667. The average Bonchev–Trinajstić information content (AvgIpc) is 3.04. The number of carbonyl (C=O) groups excluding carboxylic acids is 1. The Kier molecular flexibility index (Phi) is 5.34. The van der Waals surface area contributed by atoms with Crippen LogP contribution >= 0.6 is 35.0 Å². The molecule has 0 radical (unpaired) electrons. The van der Waals surface area contributed by atoms with E-state index in [0.717, 1.165) is 11.8 Å². The van der Waals surface area contributed by atoms with E-state index in [1.807, 2.05) is 6.07 Å². The summed E-state index contributed by atoms with van der Waals surface area (Å²) in [6.45, 7) is 0. The molecular formula is C15H10Cl2N4O2S. The van der Waals surface area contributed by atoms with Crippen LogP contribution in [-0.4, -0.2) is 26.8 Å². The number of rotatable bonds is 5. The minimum Gasteiger partial charge on any atom is -0.411 e. The van der Waals surface area contributed by atoms with E-state index >= 15 is 0 Å². The molecule has 2 aromatic heterocycles. The number of aromatic nitrogens is 3. The molecule has 0 aliphatic rings. The zero-order chi connectivity index (χ0) is 16.9. The summed E-state index contributed by atoms with van der Waals surface area (Å²) in [5.74, 6) is 0.190. The fourth-order valence-electron chi connectivity index (χ4n) is 1.80. The highest BCUT2D eigenvalue weighted by Gasteiger charge is 2.12. The van der Waals surface area contributed by atoms with Crippen molar-refractivity contribution in [2.24, 2.45) is 0 Å². The van der Waals surface area contributed by atoms with Crippen LogP contribution < -0.4 is 5.32 Å². The minimum absolute atomic E-state index is 0.0996. The smallest absolute Gasteiger partial charge is 0.277 e. The van der Waals surface area contributed by atoms with Crippen molar-refractivity contribution >= 4 is 46.6 Å². The molecule has 1 aromatic carbocycles. The predicted molar refractivity (Wildman–Crippen MR) is 93.3 cm³/mol. The summed E-state index contributed by atoms with van der Waals surface area (Å²) >= 11 is 12.9. The Morgan fingerprint density at radius 1 is 1.21 bits per heavy atom. The number of thioether (sulfide) groups is 1. The van der Waals surface area contributed by atoms with Gasteiger partial charge in [-0.25, -0.2) is 4.98 Å². The molecule has 6 nitrogen and oxygen atoms in total. The maximum Gasteiger partial charge on any atom is 0.277 e. The summed E-state index contributed by atoms with van der Waals surface area (Å²) in [5, 5.41) is 11.6. The lowest BCUT2D eigenvalue weighted by Crippen LogP contribution is -2.14. The fourth-order valence-corrected chi connectivity index (χ4v) is 2.72. The number of hydrogen-bond acceptors (Lipinski definition) is 6. The van der Waals surface area contributed by atoms with Gasteiger partial charge in [0.2, 0.25) is 11.8 Å². The summed E-state index contributed by atoms with van der Waals surface area (Å²) in [4.78, 5) is 15.8. The van der Waals surface area contributed by atoms with Gasteiger partial charge in [-0.15, -0.1) is 10.2 Å². The van der Waals surface area contributed by atoms with Crippen LogP contribution in [0.1, 0.15) is 0 Å². The normalized spacial score (nSPS) is 10.6. The Bertz CT molecular complexity index is 872. The molecule has 0 spiro atoms. The Hall–Kier alpha value is -2.09. The number of carbonyl (C=O) groups is 1. The number of amides is 1. The van der Waals surface area contributed by atoms with E-state index in [9.17, 15) is 4.79 Å². The second-order valence-corrected chi connectivity index (χ2v) is 6.28. The zero-order valence-corrected chi connectivity index (χ0v) is 14.4. The number of anilines is 1. The van der Waals surface area contributed by atoms with Gasteiger partial charge in [-0.05, 0) is 30.3 Å². The van der Waals surface area contributed by atoms with Gasteiger partial charge in [0.1, 0.15) is 0 Å². The first kappa shape index (κ1) is 16.8. The standard InChI is InChI=1S/C15H10Cl2N4O2S/c16-10-4-1-3-9(7-10)14-20-21-15(23-14)24-8-12(22)19-11-5-2-6-18-13(11)17/h1-7H,8H2,(H,19,22). The van der Waals surface area contributed by atoms with E-state index in [1.165, 1.54) is 0 Å². The molecular weight excluding hydrogens is 371 g/mol. The van der Waals surface area contributed by atoms with Crippen LogP contribution in [0.2, 0.25) is 10.2 Å². The van der Waals surface area contributed by atoms with Crippen molar-refractivity contribution in [3.8, 4) is 11.5 Å². The first-order valence-electron chi connectivity index (χ1n) is 6.74. The Morgan fingerprint density at radius 3 is 2.88 bits per heavy atom. The van der Waals surface area contributed by atoms with E-state index in [-0.39, 0.29) is 22.0 Å². The lowest BCUT2D eigenvalue weighted by atomic mass is 10.2. The number of nitrogens with zero attached hydrogens (tertiary/aromatic N) is 3. The molecule has 0 atom stereocenters. The van der Waals surface area contributed by atoms with Crippen molar-refractivity contribution in [2.45, 2.75) is 5.22 Å². The molecule has 0 saturated carbocycles. The van der Waals surface area contributed by atoms with Crippen LogP contribution in [0.25, 0.3) is 11.5 Å². The van der Waals surface area contributed by atoms with Gasteiger partial charge in [0, 0.05) is 16.8 Å². The molecule has 0 bridgehead atoms. The molecule has 1 amide bonds. The SMILES string of the molecule is O=C(CSc1nnc(-c2cccc(Cl)c2)o1)Nc1cccnc1Cl. The van der Waals surface area contributed by atoms with Crippen LogP contribution in [0.3, 0.4) is 0 Å². The number of halogens is 2. The van der Waals surface area contributed by atoms with Crippen molar-refractivity contribution in [1.29, 1.82) is 0 Å². The third kappa shape index (κ3) is 4.25. The molecule has 0 aliphatic heterocycles. The Balaban J connectivity index is 1.59. The van der Waals surface area contributed by atoms with Crippen molar-refractivity contribution in [3.63, 3.8) is 0 Å². The molecule has 122 valence electrons. The second-order valence-electron chi connectivity index (χ2n) is 4.56. The van der Waals surface area contributed by atoms with Gasteiger partial charge in [0.25, 0.3) is 5.22 Å². The third-order valence-electron chi connectivity index (χ3n) is 2.84. The van der Waals surface area contributed by atoms with E-state index in [2.05, 4.69) is 20.5 Å². The molecule has 0 unspecified atom stereocenters. The number of nitrogens with one attached hydrogen (secondary N) is 1.